The molecule has 7 nitrogen and oxygen atoms in total. The Bertz CT molecular complexity index is 700. The van der Waals surface area contributed by atoms with Crippen molar-refractivity contribution in [2.45, 2.75) is 64.6 Å². The fourth-order valence-electron chi connectivity index (χ4n) is 3.35. The molecule has 1 amide bonds. The lowest BCUT2D eigenvalue weighted by Crippen LogP contribution is -2.39. The van der Waals surface area contributed by atoms with Crippen LogP contribution in [-0.4, -0.2) is 38.1 Å². The van der Waals surface area contributed by atoms with Crippen LogP contribution < -0.4 is 10.6 Å². The van der Waals surface area contributed by atoms with Gasteiger partial charge in [0.2, 0.25) is 5.91 Å². The first-order valence-corrected chi connectivity index (χ1v) is 9.12. The van der Waals surface area contributed by atoms with Crippen molar-refractivity contribution in [2.75, 3.05) is 11.9 Å². The van der Waals surface area contributed by atoms with Crippen LogP contribution in [0.2, 0.25) is 0 Å². The minimum absolute atomic E-state index is 0.0459. The summed E-state index contributed by atoms with van der Waals surface area (Å²) in [5.74, 6) is 0.748. The SMILES string of the molecule is Cc1cnn([C@@H](C)[C@H](C)NCC(=O)Nc2ccnn2C2CCCC2)c1. The van der Waals surface area contributed by atoms with E-state index >= 15 is 0 Å². The average molecular weight is 344 g/mol. The molecule has 1 aliphatic carbocycles. The second-order valence-corrected chi connectivity index (χ2v) is 7.06. The Balaban J connectivity index is 1.50. The van der Waals surface area contributed by atoms with Gasteiger partial charge in [0.25, 0.3) is 0 Å². The Labute approximate surface area is 148 Å². The third kappa shape index (κ3) is 4.28. The van der Waals surface area contributed by atoms with Crippen LogP contribution in [0, 0.1) is 6.92 Å². The largest absolute Gasteiger partial charge is 0.310 e. The van der Waals surface area contributed by atoms with E-state index in [9.17, 15) is 4.79 Å². The monoisotopic (exact) mass is 344 g/mol. The number of hydrogen-bond donors (Lipinski definition) is 2. The summed E-state index contributed by atoms with van der Waals surface area (Å²) in [6.45, 7) is 6.45. The van der Waals surface area contributed by atoms with Crippen molar-refractivity contribution < 1.29 is 4.79 Å². The van der Waals surface area contributed by atoms with E-state index in [1.165, 1.54) is 12.8 Å². The van der Waals surface area contributed by atoms with E-state index in [-0.39, 0.29) is 24.5 Å². The Morgan fingerprint density at radius 3 is 2.76 bits per heavy atom. The van der Waals surface area contributed by atoms with Crippen LogP contribution >= 0.6 is 0 Å². The molecule has 0 saturated heterocycles. The van der Waals surface area contributed by atoms with Gasteiger partial charge in [-0.25, -0.2) is 4.68 Å². The Kier molecular flexibility index (Phi) is 5.53. The van der Waals surface area contributed by atoms with Gasteiger partial charge in [-0.2, -0.15) is 10.2 Å². The normalized spacial score (nSPS) is 17.6. The maximum atomic E-state index is 12.3. The maximum Gasteiger partial charge on any atom is 0.239 e. The summed E-state index contributed by atoms with van der Waals surface area (Å²) in [7, 11) is 0. The van der Waals surface area contributed by atoms with E-state index in [1.807, 2.05) is 34.7 Å². The molecule has 3 rings (SSSR count). The molecule has 136 valence electrons. The van der Waals surface area contributed by atoms with Gasteiger partial charge < -0.3 is 10.6 Å². The van der Waals surface area contributed by atoms with Crippen molar-refractivity contribution in [2.24, 2.45) is 0 Å². The highest BCUT2D eigenvalue weighted by molar-refractivity contribution is 5.91. The van der Waals surface area contributed by atoms with E-state index < -0.39 is 0 Å². The fraction of sp³-hybridized carbons (Fsp3) is 0.611. The van der Waals surface area contributed by atoms with Crippen LogP contribution in [0.25, 0.3) is 0 Å². The van der Waals surface area contributed by atoms with Crippen molar-refractivity contribution in [3.63, 3.8) is 0 Å². The third-order valence-electron chi connectivity index (χ3n) is 5.06. The van der Waals surface area contributed by atoms with E-state index in [1.54, 1.807) is 6.20 Å². The number of hydrogen-bond acceptors (Lipinski definition) is 4. The van der Waals surface area contributed by atoms with E-state index in [0.717, 1.165) is 24.2 Å². The van der Waals surface area contributed by atoms with Crippen LogP contribution in [-0.2, 0) is 4.79 Å². The Morgan fingerprint density at radius 2 is 2.08 bits per heavy atom. The number of carbonyl (C=O) groups excluding carboxylic acids is 1. The summed E-state index contributed by atoms with van der Waals surface area (Å²) in [6, 6.07) is 2.59. The van der Waals surface area contributed by atoms with E-state index in [2.05, 4.69) is 34.7 Å². The predicted molar refractivity (Wildman–Crippen MR) is 97.5 cm³/mol. The van der Waals surface area contributed by atoms with Crippen LogP contribution in [0.1, 0.15) is 57.2 Å². The molecule has 0 aliphatic heterocycles. The highest BCUT2D eigenvalue weighted by Crippen LogP contribution is 2.31. The quantitative estimate of drug-likeness (QED) is 0.809. The number of amides is 1. The minimum Gasteiger partial charge on any atom is -0.310 e. The first-order chi connectivity index (χ1) is 12.0. The molecular weight excluding hydrogens is 316 g/mol. The molecule has 0 radical (unpaired) electrons. The van der Waals surface area contributed by atoms with Gasteiger partial charge in [-0.1, -0.05) is 12.8 Å². The number of anilines is 1. The zero-order valence-electron chi connectivity index (χ0n) is 15.3. The van der Waals surface area contributed by atoms with Crippen molar-refractivity contribution in [3.05, 3.63) is 30.2 Å². The van der Waals surface area contributed by atoms with E-state index in [0.29, 0.717) is 6.04 Å². The lowest BCUT2D eigenvalue weighted by atomic mass is 10.2. The zero-order valence-corrected chi connectivity index (χ0v) is 15.3. The molecule has 1 fully saturated rings. The fourth-order valence-corrected chi connectivity index (χ4v) is 3.35. The topological polar surface area (TPSA) is 76.8 Å². The first-order valence-electron chi connectivity index (χ1n) is 9.12. The Morgan fingerprint density at radius 1 is 1.32 bits per heavy atom. The molecule has 2 heterocycles. The highest BCUT2D eigenvalue weighted by atomic mass is 16.2. The van der Waals surface area contributed by atoms with Crippen LogP contribution in [0.3, 0.4) is 0 Å². The lowest BCUT2D eigenvalue weighted by molar-refractivity contribution is -0.115. The molecule has 1 saturated carbocycles. The maximum absolute atomic E-state index is 12.3. The Hall–Kier alpha value is -2.15. The van der Waals surface area contributed by atoms with Crippen molar-refractivity contribution in [3.8, 4) is 0 Å². The summed E-state index contributed by atoms with van der Waals surface area (Å²) >= 11 is 0. The van der Waals surface area contributed by atoms with Crippen molar-refractivity contribution in [1.82, 2.24) is 24.9 Å². The second-order valence-electron chi connectivity index (χ2n) is 7.06. The van der Waals surface area contributed by atoms with E-state index in [4.69, 9.17) is 0 Å². The van der Waals surface area contributed by atoms with Crippen molar-refractivity contribution >= 4 is 11.7 Å². The predicted octanol–water partition coefficient (Wildman–Crippen LogP) is 2.68. The highest BCUT2D eigenvalue weighted by Gasteiger charge is 2.21. The summed E-state index contributed by atoms with van der Waals surface area (Å²) in [4.78, 5) is 12.3. The molecule has 7 heteroatoms. The second kappa shape index (κ2) is 7.82. The smallest absolute Gasteiger partial charge is 0.239 e. The number of nitrogens with zero attached hydrogens (tertiary/aromatic N) is 4. The number of carbonyl (C=O) groups is 1. The van der Waals surface area contributed by atoms with Crippen LogP contribution in [0.5, 0.6) is 0 Å². The van der Waals surface area contributed by atoms with Gasteiger partial charge in [0, 0.05) is 18.3 Å². The van der Waals surface area contributed by atoms with Gasteiger partial charge in [-0.15, -0.1) is 0 Å². The number of rotatable bonds is 7. The summed E-state index contributed by atoms with van der Waals surface area (Å²) < 4.78 is 3.89. The van der Waals surface area contributed by atoms with Crippen molar-refractivity contribution in [1.29, 1.82) is 0 Å². The zero-order chi connectivity index (χ0) is 17.8. The molecule has 25 heavy (non-hydrogen) atoms. The van der Waals surface area contributed by atoms with Gasteiger partial charge in [-0.05, 0) is 39.2 Å². The van der Waals surface area contributed by atoms with Crippen LogP contribution in [0.15, 0.2) is 24.7 Å². The van der Waals surface area contributed by atoms with Gasteiger partial charge >= 0.3 is 0 Å². The molecular formula is C18H28N6O. The summed E-state index contributed by atoms with van der Waals surface area (Å²) in [6.07, 6.45) is 10.4. The number of nitrogens with one attached hydrogen (secondary N) is 2. The van der Waals surface area contributed by atoms with Gasteiger partial charge in [0.15, 0.2) is 0 Å². The standard InChI is InChI=1S/C18H28N6O/c1-13-10-21-23(12-13)15(3)14(2)19-11-18(25)22-17-8-9-20-24(17)16-6-4-5-7-16/h8-10,12,14-16,19H,4-7,11H2,1-3H3,(H,22,25)/t14-,15-/m0/s1. The molecule has 1 aliphatic rings. The van der Waals surface area contributed by atoms with Gasteiger partial charge in [0.05, 0.1) is 31.0 Å². The molecule has 0 bridgehead atoms. The number of aromatic nitrogens is 4. The third-order valence-corrected chi connectivity index (χ3v) is 5.06. The molecule has 2 N–H and O–H groups in total. The summed E-state index contributed by atoms with van der Waals surface area (Å²) in [5, 5.41) is 15.0. The molecule has 2 atom stereocenters. The van der Waals surface area contributed by atoms with Gasteiger partial charge in [0.1, 0.15) is 5.82 Å². The molecule has 2 aromatic rings. The minimum atomic E-state index is -0.0459. The number of aryl methyl sites for hydroxylation is 1. The molecule has 2 aromatic heterocycles. The average Bonchev–Trinajstić information content (AvgIpc) is 3.32. The first kappa shape index (κ1) is 17.7. The van der Waals surface area contributed by atoms with Gasteiger partial charge in [-0.3, -0.25) is 9.48 Å². The molecule has 0 spiro atoms. The lowest BCUT2D eigenvalue weighted by Gasteiger charge is -2.22. The molecule has 0 unspecified atom stereocenters. The summed E-state index contributed by atoms with van der Waals surface area (Å²) in [5.41, 5.74) is 1.14. The molecule has 0 aromatic carbocycles. The van der Waals surface area contributed by atoms with Crippen LogP contribution in [0.4, 0.5) is 5.82 Å².